The topological polar surface area (TPSA) is 42.2 Å². The van der Waals surface area contributed by atoms with Crippen LogP contribution in [0.15, 0.2) is 18.3 Å². The van der Waals surface area contributed by atoms with E-state index in [2.05, 4.69) is 36.8 Å². The van der Waals surface area contributed by atoms with E-state index in [1.807, 2.05) is 12.3 Å². The van der Waals surface area contributed by atoms with E-state index in [4.69, 9.17) is 5.73 Å². The van der Waals surface area contributed by atoms with Gasteiger partial charge in [-0.2, -0.15) is 0 Å². The second kappa shape index (κ2) is 6.48. The molecule has 1 aromatic rings. The second-order valence-corrected chi connectivity index (χ2v) is 4.63. The minimum absolute atomic E-state index is 0.677. The van der Waals surface area contributed by atoms with Crippen molar-refractivity contribution in [2.45, 2.75) is 26.7 Å². The molecular weight excluding hydrogens is 198 g/mol. The lowest BCUT2D eigenvalue weighted by Gasteiger charge is -2.21. The van der Waals surface area contributed by atoms with Gasteiger partial charge in [-0.3, -0.25) is 0 Å². The molecule has 0 saturated carbocycles. The maximum Gasteiger partial charge on any atom is 0.131 e. The quantitative estimate of drug-likeness (QED) is 0.799. The van der Waals surface area contributed by atoms with Crippen molar-refractivity contribution in [2.24, 2.45) is 11.7 Å². The molecule has 0 amide bonds. The lowest BCUT2D eigenvalue weighted by Crippen LogP contribution is -2.23. The third-order valence-electron chi connectivity index (χ3n) is 2.68. The molecule has 90 valence electrons. The van der Waals surface area contributed by atoms with Gasteiger partial charge in [-0.1, -0.05) is 19.9 Å². The Bertz CT molecular complexity index is 310. The van der Waals surface area contributed by atoms with Crippen molar-refractivity contribution in [3.8, 4) is 0 Å². The maximum atomic E-state index is 5.61. The van der Waals surface area contributed by atoms with Crippen LogP contribution in [0.4, 0.5) is 5.82 Å². The van der Waals surface area contributed by atoms with Gasteiger partial charge in [0, 0.05) is 19.8 Å². The molecule has 3 heteroatoms. The van der Waals surface area contributed by atoms with Gasteiger partial charge in [-0.05, 0) is 36.9 Å². The van der Waals surface area contributed by atoms with Crippen molar-refractivity contribution in [3.05, 3.63) is 23.9 Å². The van der Waals surface area contributed by atoms with E-state index >= 15 is 0 Å². The van der Waals surface area contributed by atoms with Gasteiger partial charge in [0.15, 0.2) is 0 Å². The highest BCUT2D eigenvalue weighted by Crippen LogP contribution is 2.17. The fourth-order valence-electron chi connectivity index (χ4n) is 1.68. The SMILES string of the molecule is CC(C)CCN(C)c1ncccc1CCN. The first-order chi connectivity index (χ1) is 7.65. The average molecular weight is 221 g/mol. The second-order valence-electron chi connectivity index (χ2n) is 4.63. The van der Waals surface area contributed by atoms with Crippen LogP contribution in [0.1, 0.15) is 25.8 Å². The summed E-state index contributed by atoms with van der Waals surface area (Å²) in [7, 11) is 2.10. The minimum Gasteiger partial charge on any atom is -0.359 e. The molecule has 0 aromatic carbocycles. The monoisotopic (exact) mass is 221 g/mol. The van der Waals surface area contributed by atoms with Crippen molar-refractivity contribution in [2.75, 3.05) is 25.0 Å². The highest BCUT2D eigenvalue weighted by Gasteiger charge is 2.08. The maximum absolute atomic E-state index is 5.61. The van der Waals surface area contributed by atoms with Crippen LogP contribution in [0.5, 0.6) is 0 Å². The fourth-order valence-corrected chi connectivity index (χ4v) is 1.68. The van der Waals surface area contributed by atoms with Crippen LogP contribution in [-0.2, 0) is 6.42 Å². The van der Waals surface area contributed by atoms with Crippen LogP contribution in [0, 0.1) is 5.92 Å². The lowest BCUT2D eigenvalue weighted by atomic mass is 10.1. The molecule has 2 N–H and O–H groups in total. The van der Waals surface area contributed by atoms with E-state index in [0.717, 1.165) is 24.7 Å². The van der Waals surface area contributed by atoms with Crippen LogP contribution in [-0.4, -0.2) is 25.1 Å². The fraction of sp³-hybridized carbons (Fsp3) is 0.615. The summed E-state index contributed by atoms with van der Waals surface area (Å²) in [5.74, 6) is 1.80. The predicted molar refractivity (Wildman–Crippen MR) is 69.7 cm³/mol. The first kappa shape index (κ1) is 13.0. The molecule has 1 heterocycles. The van der Waals surface area contributed by atoms with Crippen LogP contribution >= 0.6 is 0 Å². The Labute approximate surface area is 98.7 Å². The van der Waals surface area contributed by atoms with Crippen molar-refractivity contribution in [1.29, 1.82) is 0 Å². The molecule has 0 aliphatic rings. The van der Waals surface area contributed by atoms with Crippen LogP contribution < -0.4 is 10.6 Å². The van der Waals surface area contributed by atoms with E-state index in [-0.39, 0.29) is 0 Å². The number of rotatable bonds is 6. The van der Waals surface area contributed by atoms with Crippen LogP contribution in [0.25, 0.3) is 0 Å². The van der Waals surface area contributed by atoms with Gasteiger partial charge in [0.25, 0.3) is 0 Å². The van der Waals surface area contributed by atoms with E-state index in [1.165, 1.54) is 12.0 Å². The smallest absolute Gasteiger partial charge is 0.131 e. The molecule has 3 nitrogen and oxygen atoms in total. The molecule has 16 heavy (non-hydrogen) atoms. The van der Waals surface area contributed by atoms with Crippen molar-refractivity contribution >= 4 is 5.82 Å². The van der Waals surface area contributed by atoms with E-state index in [9.17, 15) is 0 Å². The standard InChI is InChI=1S/C13H23N3/c1-11(2)7-10-16(3)13-12(6-8-14)5-4-9-15-13/h4-5,9,11H,6-8,10,14H2,1-3H3. The molecule has 1 rings (SSSR count). The number of hydrogen-bond donors (Lipinski definition) is 1. The zero-order valence-electron chi connectivity index (χ0n) is 10.6. The normalized spacial score (nSPS) is 10.8. The number of aromatic nitrogens is 1. The van der Waals surface area contributed by atoms with Crippen molar-refractivity contribution in [1.82, 2.24) is 4.98 Å². The molecule has 0 saturated heterocycles. The number of nitrogens with zero attached hydrogens (tertiary/aromatic N) is 2. The Balaban J connectivity index is 2.69. The average Bonchev–Trinajstić information content (AvgIpc) is 2.27. The summed E-state index contributed by atoms with van der Waals surface area (Å²) in [5, 5.41) is 0. The predicted octanol–water partition coefficient (Wildman–Crippen LogP) is 2.07. The van der Waals surface area contributed by atoms with Gasteiger partial charge < -0.3 is 10.6 Å². The highest BCUT2D eigenvalue weighted by atomic mass is 15.2. The van der Waals surface area contributed by atoms with Crippen molar-refractivity contribution in [3.63, 3.8) is 0 Å². The summed E-state index contributed by atoms with van der Waals surface area (Å²) in [6.07, 6.45) is 3.94. The Hall–Kier alpha value is -1.09. The first-order valence-electron chi connectivity index (χ1n) is 6.00. The molecule has 0 unspecified atom stereocenters. The van der Waals surface area contributed by atoms with E-state index < -0.39 is 0 Å². The van der Waals surface area contributed by atoms with E-state index in [1.54, 1.807) is 0 Å². The molecule has 0 radical (unpaired) electrons. The highest BCUT2D eigenvalue weighted by molar-refractivity contribution is 5.46. The Morgan fingerprint density at radius 3 is 2.81 bits per heavy atom. The van der Waals surface area contributed by atoms with Crippen molar-refractivity contribution < 1.29 is 0 Å². The molecule has 0 spiro atoms. The number of hydrogen-bond acceptors (Lipinski definition) is 3. The zero-order valence-corrected chi connectivity index (χ0v) is 10.6. The third-order valence-corrected chi connectivity index (χ3v) is 2.68. The number of anilines is 1. The summed E-state index contributed by atoms with van der Waals surface area (Å²) in [4.78, 5) is 6.67. The minimum atomic E-state index is 0.677. The first-order valence-corrected chi connectivity index (χ1v) is 6.00. The summed E-state index contributed by atoms with van der Waals surface area (Å²) >= 11 is 0. The summed E-state index contributed by atoms with van der Waals surface area (Å²) in [6.45, 7) is 6.21. The third kappa shape index (κ3) is 3.81. The summed E-state index contributed by atoms with van der Waals surface area (Å²) in [6, 6.07) is 4.09. The van der Waals surface area contributed by atoms with E-state index in [0.29, 0.717) is 6.54 Å². The Kier molecular flexibility index (Phi) is 5.26. The molecule has 0 aliphatic heterocycles. The van der Waals surface area contributed by atoms with Crippen LogP contribution in [0.2, 0.25) is 0 Å². The molecule has 0 bridgehead atoms. The van der Waals surface area contributed by atoms with Gasteiger partial charge >= 0.3 is 0 Å². The van der Waals surface area contributed by atoms with Gasteiger partial charge in [0.2, 0.25) is 0 Å². The van der Waals surface area contributed by atoms with Crippen LogP contribution in [0.3, 0.4) is 0 Å². The molecule has 1 aromatic heterocycles. The summed E-state index contributed by atoms with van der Waals surface area (Å²) < 4.78 is 0. The summed E-state index contributed by atoms with van der Waals surface area (Å²) in [5.41, 5.74) is 6.85. The molecular formula is C13H23N3. The van der Waals surface area contributed by atoms with Gasteiger partial charge in [0.1, 0.15) is 5.82 Å². The molecule has 0 aliphatic carbocycles. The van der Waals surface area contributed by atoms with Gasteiger partial charge in [-0.25, -0.2) is 4.98 Å². The lowest BCUT2D eigenvalue weighted by molar-refractivity contribution is 0.583. The molecule has 0 fully saturated rings. The van der Waals surface area contributed by atoms with Gasteiger partial charge in [-0.15, -0.1) is 0 Å². The Morgan fingerprint density at radius 2 is 2.19 bits per heavy atom. The van der Waals surface area contributed by atoms with Gasteiger partial charge in [0.05, 0.1) is 0 Å². The molecule has 0 atom stereocenters. The number of pyridine rings is 1. The number of nitrogens with two attached hydrogens (primary N) is 1. The zero-order chi connectivity index (χ0) is 12.0. The Morgan fingerprint density at radius 1 is 1.44 bits per heavy atom. The largest absolute Gasteiger partial charge is 0.359 e.